The summed E-state index contributed by atoms with van der Waals surface area (Å²) in [4.78, 5) is 23.0. The molecule has 0 bridgehead atoms. The number of sulfonamides is 1. The summed E-state index contributed by atoms with van der Waals surface area (Å²) in [7, 11) is -2.34. The molecule has 0 aliphatic heterocycles. The molecule has 1 aromatic heterocycles. The standard InChI is InChI=1S/C11H16N2O5S2/c1-6(2)9(11(15)16)13-10(14)8-4-7(5-19-8)20(17,18)12-3/h4-6,9,12H,1-3H3,(H,13,14)(H,15,16)/t9-/m1/s1. The average Bonchev–Trinajstić information content (AvgIpc) is 2.85. The zero-order valence-electron chi connectivity index (χ0n) is 11.2. The first-order valence-electron chi connectivity index (χ1n) is 5.74. The van der Waals surface area contributed by atoms with Crippen molar-refractivity contribution in [3.63, 3.8) is 0 Å². The second kappa shape index (κ2) is 6.33. The summed E-state index contributed by atoms with van der Waals surface area (Å²) < 4.78 is 25.2. The number of carboxylic acids is 1. The average molecular weight is 320 g/mol. The Morgan fingerprint density at radius 2 is 1.95 bits per heavy atom. The van der Waals surface area contributed by atoms with E-state index in [0.29, 0.717) is 0 Å². The molecule has 0 saturated heterocycles. The van der Waals surface area contributed by atoms with Gasteiger partial charge in [0.25, 0.3) is 5.91 Å². The van der Waals surface area contributed by atoms with Crippen molar-refractivity contribution < 1.29 is 23.1 Å². The quantitative estimate of drug-likeness (QED) is 0.706. The molecule has 20 heavy (non-hydrogen) atoms. The third kappa shape index (κ3) is 3.78. The van der Waals surface area contributed by atoms with Gasteiger partial charge in [-0.05, 0) is 19.0 Å². The van der Waals surface area contributed by atoms with E-state index in [4.69, 9.17) is 5.11 Å². The molecule has 3 N–H and O–H groups in total. The Labute approximate surface area is 121 Å². The van der Waals surface area contributed by atoms with Crippen LogP contribution in [0, 0.1) is 5.92 Å². The van der Waals surface area contributed by atoms with Crippen LogP contribution in [0.25, 0.3) is 0 Å². The Hall–Kier alpha value is -1.45. The minimum atomic E-state index is -3.61. The smallest absolute Gasteiger partial charge is 0.326 e. The molecular weight excluding hydrogens is 304 g/mol. The fourth-order valence-corrected chi connectivity index (χ4v) is 3.33. The van der Waals surface area contributed by atoms with Gasteiger partial charge >= 0.3 is 5.97 Å². The molecule has 1 aromatic rings. The van der Waals surface area contributed by atoms with Gasteiger partial charge in [0.1, 0.15) is 6.04 Å². The van der Waals surface area contributed by atoms with E-state index in [9.17, 15) is 18.0 Å². The number of carboxylic acid groups (broad SMARTS) is 1. The first-order valence-corrected chi connectivity index (χ1v) is 8.11. The van der Waals surface area contributed by atoms with Crippen molar-refractivity contribution in [1.29, 1.82) is 0 Å². The van der Waals surface area contributed by atoms with E-state index in [1.807, 2.05) is 0 Å². The summed E-state index contributed by atoms with van der Waals surface area (Å²) in [6.07, 6.45) is 0. The number of hydrogen-bond donors (Lipinski definition) is 3. The molecule has 0 aromatic carbocycles. The van der Waals surface area contributed by atoms with Gasteiger partial charge in [0.05, 0.1) is 9.77 Å². The second-order valence-corrected chi connectivity index (χ2v) is 7.19. The van der Waals surface area contributed by atoms with E-state index in [0.717, 1.165) is 11.3 Å². The maximum atomic E-state index is 11.9. The molecule has 1 atom stereocenters. The van der Waals surface area contributed by atoms with Crippen molar-refractivity contribution >= 4 is 33.2 Å². The number of thiophene rings is 1. The molecule has 7 nitrogen and oxygen atoms in total. The summed E-state index contributed by atoms with van der Waals surface area (Å²) in [5.41, 5.74) is 0. The SMILES string of the molecule is CNS(=O)(=O)c1csc(C(=O)N[C@@H](C(=O)O)C(C)C)c1. The molecule has 0 fully saturated rings. The van der Waals surface area contributed by atoms with Gasteiger partial charge in [-0.1, -0.05) is 13.8 Å². The van der Waals surface area contributed by atoms with E-state index in [2.05, 4.69) is 10.0 Å². The summed E-state index contributed by atoms with van der Waals surface area (Å²) in [6, 6.07) is 0.194. The van der Waals surface area contributed by atoms with E-state index in [1.54, 1.807) is 13.8 Å². The summed E-state index contributed by atoms with van der Waals surface area (Å²) >= 11 is 0.941. The molecule has 0 saturated carbocycles. The van der Waals surface area contributed by atoms with Gasteiger partial charge in [-0.3, -0.25) is 4.79 Å². The van der Waals surface area contributed by atoms with E-state index in [-0.39, 0.29) is 15.7 Å². The number of amides is 1. The number of aliphatic carboxylic acids is 1. The lowest BCUT2D eigenvalue weighted by Gasteiger charge is -2.17. The predicted octanol–water partition coefficient (Wildman–Crippen LogP) is 0.495. The normalized spacial score (nSPS) is 13.2. The molecule has 1 heterocycles. The molecule has 0 spiro atoms. The lowest BCUT2D eigenvalue weighted by atomic mass is 10.0. The second-order valence-electron chi connectivity index (χ2n) is 4.39. The molecule has 0 radical (unpaired) electrons. The molecule has 0 aliphatic carbocycles. The molecule has 1 rings (SSSR count). The molecule has 9 heteroatoms. The van der Waals surface area contributed by atoms with Crippen LogP contribution in [0.2, 0.25) is 0 Å². The molecule has 112 valence electrons. The monoisotopic (exact) mass is 320 g/mol. The Kier molecular flexibility index (Phi) is 5.26. The fourth-order valence-electron chi connectivity index (χ4n) is 1.42. The van der Waals surface area contributed by atoms with E-state index >= 15 is 0 Å². The van der Waals surface area contributed by atoms with Gasteiger partial charge in [0, 0.05) is 5.38 Å². The highest BCUT2D eigenvalue weighted by Crippen LogP contribution is 2.19. The van der Waals surface area contributed by atoms with Crippen LogP contribution in [0.1, 0.15) is 23.5 Å². The number of carbonyl (C=O) groups excluding carboxylic acids is 1. The van der Waals surface area contributed by atoms with E-state index in [1.165, 1.54) is 18.5 Å². The molecule has 0 aliphatic rings. The van der Waals surface area contributed by atoms with Crippen LogP contribution >= 0.6 is 11.3 Å². The molecule has 1 amide bonds. The zero-order chi connectivity index (χ0) is 15.5. The topological polar surface area (TPSA) is 113 Å². The highest BCUT2D eigenvalue weighted by molar-refractivity contribution is 7.89. The minimum absolute atomic E-state index is 0.0217. The van der Waals surface area contributed by atoms with Gasteiger partial charge in [0.15, 0.2) is 0 Å². The number of carbonyl (C=O) groups is 2. The van der Waals surface area contributed by atoms with Crippen molar-refractivity contribution in [2.24, 2.45) is 5.92 Å². The van der Waals surface area contributed by atoms with Gasteiger partial charge < -0.3 is 10.4 Å². The Morgan fingerprint density at radius 1 is 1.35 bits per heavy atom. The van der Waals surface area contributed by atoms with Crippen LogP contribution in [0.4, 0.5) is 0 Å². The Morgan fingerprint density at radius 3 is 2.40 bits per heavy atom. The van der Waals surface area contributed by atoms with Crippen molar-refractivity contribution in [3.05, 3.63) is 16.3 Å². The fraction of sp³-hybridized carbons (Fsp3) is 0.455. The molecule has 0 unspecified atom stereocenters. The summed E-state index contributed by atoms with van der Waals surface area (Å²) in [5.74, 6) is -2.02. The lowest BCUT2D eigenvalue weighted by molar-refractivity contribution is -0.140. The van der Waals surface area contributed by atoms with Crippen LogP contribution in [0.15, 0.2) is 16.3 Å². The maximum absolute atomic E-state index is 11.9. The largest absolute Gasteiger partial charge is 0.480 e. The van der Waals surface area contributed by atoms with Crippen LogP contribution in [-0.2, 0) is 14.8 Å². The van der Waals surface area contributed by atoms with Crippen LogP contribution < -0.4 is 10.0 Å². The number of rotatable bonds is 6. The van der Waals surface area contributed by atoms with Crippen LogP contribution in [0.5, 0.6) is 0 Å². The zero-order valence-corrected chi connectivity index (χ0v) is 12.8. The van der Waals surface area contributed by atoms with Gasteiger partial charge in [0.2, 0.25) is 10.0 Å². The predicted molar refractivity (Wildman–Crippen MR) is 74.3 cm³/mol. The van der Waals surface area contributed by atoms with E-state index < -0.39 is 27.9 Å². The number of nitrogens with one attached hydrogen (secondary N) is 2. The first kappa shape index (κ1) is 16.6. The van der Waals surface area contributed by atoms with Gasteiger partial charge in [-0.25, -0.2) is 17.9 Å². The van der Waals surface area contributed by atoms with Gasteiger partial charge in [-0.15, -0.1) is 11.3 Å². The highest BCUT2D eigenvalue weighted by atomic mass is 32.2. The first-order chi connectivity index (χ1) is 9.19. The lowest BCUT2D eigenvalue weighted by Crippen LogP contribution is -2.44. The maximum Gasteiger partial charge on any atom is 0.326 e. The Bertz CT molecular complexity index is 606. The summed E-state index contributed by atoms with van der Waals surface area (Å²) in [5, 5.41) is 12.7. The van der Waals surface area contributed by atoms with Crippen molar-refractivity contribution in [3.8, 4) is 0 Å². The minimum Gasteiger partial charge on any atom is -0.480 e. The van der Waals surface area contributed by atoms with Gasteiger partial charge in [-0.2, -0.15) is 0 Å². The van der Waals surface area contributed by atoms with Crippen molar-refractivity contribution in [1.82, 2.24) is 10.0 Å². The van der Waals surface area contributed by atoms with Crippen molar-refractivity contribution in [2.45, 2.75) is 24.8 Å². The Balaban J connectivity index is 2.92. The highest BCUT2D eigenvalue weighted by Gasteiger charge is 2.25. The third-order valence-electron chi connectivity index (χ3n) is 2.60. The number of hydrogen-bond acceptors (Lipinski definition) is 5. The van der Waals surface area contributed by atoms with Crippen LogP contribution in [-0.4, -0.2) is 38.5 Å². The third-order valence-corrected chi connectivity index (χ3v) is 5.07. The van der Waals surface area contributed by atoms with Crippen LogP contribution in [0.3, 0.4) is 0 Å². The molecular formula is C11H16N2O5S2. The summed E-state index contributed by atoms with van der Waals surface area (Å²) in [6.45, 7) is 3.34. The van der Waals surface area contributed by atoms with Crippen molar-refractivity contribution in [2.75, 3.05) is 7.05 Å².